The van der Waals surface area contributed by atoms with Gasteiger partial charge in [0.1, 0.15) is 0 Å². The zero-order valence-electron chi connectivity index (χ0n) is 22.2. The van der Waals surface area contributed by atoms with Crippen molar-refractivity contribution in [2.45, 2.75) is 50.0 Å². The number of carbonyl (C=O) groups is 1. The molecule has 3 aromatic carbocycles. The van der Waals surface area contributed by atoms with Crippen LogP contribution in [0.2, 0.25) is 0 Å². The highest BCUT2D eigenvalue weighted by molar-refractivity contribution is 7.89. The van der Waals surface area contributed by atoms with Gasteiger partial charge in [-0.25, -0.2) is 21.9 Å². The predicted molar refractivity (Wildman–Crippen MR) is 149 cm³/mol. The fourth-order valence-corrected chi connectivity index (χ4v) is 6.11. The van der Waals surface area contributed by atoms with E-state index in [4.69, 9.17) is 0 Å². The molecule has 1 saturated heterocycles. The summed E-state index contributed by atoms with van der Waals surface area (Å²) >= 11 is 0. The van der Waals surface area contributed by atoms with Crippen LogP contribution in [0.4, 0.5) is 14.5 Å². The van der Waals surface area contributed by atoms with Gasteiger partial charge in [0.15, 0.2) is 11.6 Å². The number of likely N-dealkylation sites (tertiary alicyclic amines) is 1. The van der Waals surface area contributed by atoms with Crippen molar-refractivity contribution >= 4 is 21.6 Å². The summed E-state index contributed by atoms with van der Waals surface area (Å²) in [6, 6.07) is 19.4. The number of halogens is 2. The Kier molecular flexibility index (Phi) is 9.48. The summed E-state index contributed by atoms with van der Waals surface area (Å²) in [4.78, 5) is 14.1. The van der Waals surface area contributed by atoms with Gasteiger partial charge in [-0.1, -0.05) is 56.3 Å². The molecule has 1 aliphatic rings. The summed E-state index contributed by atoms with van der Waals surface area (Å²) in [6.07, 6.45) is 2.44. The number of piperidine rings is 1. The predicted octanol–water partition coefficient (Wildman–Crippen LogP) is 5.85. The highest BCUT2D eigenvalue weighted by Crippen LogP contribution is 2.30. The van der Waals surface area contributed by atoms with Crippen LogP contribution in [0.1, 0.15) is 56.2 Å². The minimum Gasteiger partial charge on any atom is -0.326 e. The van der Waals surface area contributed by atoms with E-state index in [1.807, 2.05) is 56.3 Å². The van der Waals surface area contributed by atoms with Crippen molar-refractivity contribution in [3.63, 3.8) is 0 Å². The van der Waals surface area contributed by atoms with Crippen LogP contribution in [0.3, 0.4) is 0 Å². The number of sulfonamides is 1. The molecule has 1 amide bonds. The third kappa shape index (κ3) is 7.71. The van der Waals surface area contributed by atoms with Crippen LogP contribution in [-0.4, -0.2) is 38.9 Å². The second-order valence-corrected chi connectivity index (χ2v) is 12.0. The monoisotopic (exact) mass is 555 g/mol. The van der Waals surface area contributed by atoms with Crippen molar-refractivity contribution in [1.82, 2.24) is 9.62 Å². The third-order valence-corrected chi connectivity index (χ3v) is 8.64. The molecular formula is C30H35F2N3O3S. The lowest BCUT2D eigenvalue weighted by atomic mass is 9.89. The van der Waals surface area contributed by atoms with Crippen LogP contribution in [0.5, 0.6) is 0 Å². The van der Waals surface area contributed by atoms with Crippen LogP contribution >= 0.6 is 0 Å². The Labute approximate surface area is 229 Å². The molecule has 1 heterocycles. The molecule has 0 unspecified atom stereocenters. The molecule has 9 heteroatoms. The minimum absolute atomic E-state index is 0.00451. The second kappa shape index (κ2) is 12.8. The van der Waals surface area contributed by atoms with Gasteiger partial charge in [0.2, 0.25) is 15.9 Å². The molecule has 0 aliphatic carbocycles. The van der Waals surface area contributed by atoms with E-state index >= 15 is 0 Å². The van der Waals surface area contributed by atoms with Crippen LogP contribution in [0.25, 0.3) is 0 Å². The third-order valence-electron chi connectivity index (χ3n) is 7.17. The zero-order chi connectivity index (χ0) is 28.0. The molecule has 1 fully saturated rings. The first-order valence-electron chi connectivity index (χ1n) is 13.3. The van der Waals surface area contributed by atoms with Crippen molar-refractivity contribution in [2.24, 2.45) is 5.92 Å². The van der Waals surface area contributed by atoms with E-state index < -0.39 is 27.7 Å². The molecule has 6 nitrogen and oxygen atoms in total. The van der Waals surface area contributed by atoms with Crippen LogP contribution in [0.15, 0.2) is 77.7 Å². The topological polar surface area (TPSA) is 78.5 Å². The Morgan fingerprint density at radius 3 is 2.33 bits per heavy atom. The summed E-state index contributed by atoms with van der Waals surface area (Å²) in [7, 11) is -4.07. The molecule has 4 rings (SSSR count). The maximum absolute atomic E-state index is 13.7. The number of carbonyl (C=O) groups excluding carboxylic acids is 1. The van der Waals surface area contributed by atoms with Crippen molar-refractivity contribution in [3.8, 4) is 0 Å². The van der Waals surface area contributed by atoms with E-state index in [0.717, 1.165) is 49.3 Å². The molecule has 1 atom stereocenters. The number of rotatable bonds is 10. The number of benzene rings is 3. The minimum atomic E-state index is -4.07. The summed E-state index contributed by atoms with van der Waals surface area (Å²) in [5, 5.41) is 2.97. The van der Waals surface area contributed by atoms with Gasteiger partial charge in [-0.15, -0.1) is 0 Å². The van der Waals surface area contributed by atoms with Gasteiger partial charge in [0.25, 0.3) is 0 Å². The maximum atomic E-state index is 13.7. The highest BCUT2D eigenvalue weighted by Gasteiger charge is 2.25. The van der Waals surface area contributed by atoms with Gasteiger partial charge in [0.05, 0.1) is 4.90 Å². The van der Waals surface area contributed by atoms with Crippen LogP contribution in [-0.2, 0) is 14.8 Å². The first-order chi connectivity index (χ1) is 18.6. The first-order valence-corrected chi connectivity index (χ1v) is 14.8. The van der Waals surface area contributed by atoms with Gasteiger partial charge in [-0.3, -0.25) is 4.79 Å². The molecule has 2 N–H and O–H groups in total. The van der Waals surface area contributed by atoms with E-state index in [1.165, 1.54) is 5.56 Å². The summed E-state index contributed by atoms with van der Waals surface area (Å²) in [5.41, 5.74) is 2.82. The molecule has 0 spiro atoms. The summed E-state index contributed by atoms with van der Waals surface area (Å²) < 4.78 is 55.8. The lowest BCUT2D eigenvalue weighted by Gasteiger charge is -2.33. The quantitative estimate of drug-likeness (QED) is 0.329. The van der Waals surface area contributed by atoms with Crippen molar-refractivity contribution in [2.75, 3.05) is 25.0 Å². The largest absolute Gasteiger partial charge is 0.326 e. The number of nitrogens with zero attached hydrogens (tertiary/aromatic N) is 1. The maximum Gasteiger partial charge on any atom is 0.241 e. The Morgan fingerprint density at radius 2 is 1.67 bits per heavy atom. The molecule has 0 radical (unpaired) electrons. The van der Waals surface area contributed by atoms with Crippen molar-refractivity contribution in [3.05, 3.63) is 95.6 Å². The lowest BCUT2D eigenvalue weighted by Crippen LogP contribution is -2.36. The Morgan fingerprint density at radius 1 is 0.949 bits per heavy atom. The average Bonchev–Trinajstić information content (AvgIpc) is 2.93. The van der Waals surface area contributed by atoms with Gasteiger partial charge in [0, 0.05) is 17.6 Å². The number of hydrogen-bond donors (Lipinski definition) is 2. The SMILES string of the molecule is CC(C)C(=O)Nc1cccc(C2CCN(CC[C@H](NS(=O)(=O)c3ccc(F)c(F)c3)c3ccccc3)CC2)c1. The van der Waals surface area contributed by atoms with Crippen molar-refractivity contribution < 1.29 is 22.0 Å². The van der Waals surface area contributed by atoms with Gasteiger partial charge >= 0.3 is 0 Å². The van der Waals surface area contributed by atoms with Gasteiger partial charge in [-0.05, 0) is 86.3 Å². The number of amides is 1. The number of anilines is 1. The van der Waals surface area contributed by atoms with E-state index in [-0.39, 0.29) is 16.7 Å². The smallest absolute Gasteiger partial charge is 0.241 e. The van der Waals surface area contributed by atoms with Crippen molar-refractivity contribution in [1.29, 1.82) is 0 Å². The molecule has 3 aromatic rings. The van der Waals surface area contributed by atoms with E-state index in [1.54, 1.807) is 0 Å². The fourth-order valence-electron chi connectivity index (χ4n) is 4.84. The van der Waals surface area contributed by atoms with Gasteiger partial charge < -0.3 is 10.2 Å². The van der Waals surface area contributed by atoms with E-state index in [2.05, 4.69) is 27.1 Å². The molecule has 0 bridgehead atoms. The molecular weight excluding hydrogens is 520 g/mol. The Balaban J connectivity index is 1.38. The van der Waals surface area contributed by atoms with E-state index in [9.17, 15) is 22.0 Å². The average molecular weight is 556 g/mol. The normalized spacial score (nSPS) is 15.8. The zero-order valence-corrected chi connectivity index (χ0v) is 23.1. The standard InChI is InChI=1S/C30H35F2N3O3S/c1-21(2)30(36)33-25-10-6-9-24(19-25)22-13-16-35(17-14-22)18-15-29(23-7-4-3-5-8-23)34-39(37,38)26-11-12-27(31)28(32)20-26/h3-12,19-22,29,34H,13-18H2,1-2H3,(H,33,36)/t29-/m0/s1. The second-order valence-electron chi connectivity index (χ2n) is 10.3. The lowest BCUT2D eigenvalue weighted by molar-refractivity contribution is -0.118. The van der Waals surface area contributed by atoms with Gasteiger partial charge in [-0.2, -0.15) is 0 Å². The molecule has 0 saturated carbocycles. The van der Waals surface area contributed by atoms with Crippen LogP contribution in [0, 0.1) is 17.6 Å². The first kappa shape index (κ1) is 28.9. The molecule has 208 valence electrons. The highest BCUT2D eigenvalue weighted by atomic mass is 32.2. The molecule has 39 heavy (non-hydrogen) atoms. The number of nitrogens with one attached hydrogen (secondary N) is 2. The Hall–Kier alpha value is -3.14. The number of hydrogen-bond acceptors (Lipinski definition) is 4. The van der Waals surface area contributed by atoms with E-state index in [0.29, 0.717) is 24.9 Å². The van der Waals surface area contributed by atoms with Crippen LogP contribution < -0.4 is 10.0 Å². The molecule has 0 aromatic heterocycles. The molecule has 1 aliphatic heterocycles. The summed E-state index contributed by atoms with van der Waals surface area (Å²) in [6.45, 7) is 6.14. The Bertz CT molecular complexity index is 1380. The summed E-state index contributed by atoms with van der Waals surface area (Å²) in [5.74, 6) is -2.00. The fraction of sp³-hybridized carbons (Fsp3) is 0.367.